The molecule has 94 valence electrons. The van der Waals surface area contributed by atoms with Gasteiger partial charge in [0.1, 0.15) is 0 Å². The van der Waals surface area contributed by atoms with Crippen LogP contribution in [0.25, 0.3) is 0 Å². The van der Waals surface area contributed by atoms with Gasteiger partial charge < -0.3 is 5.11 Å². The zero-order valence-electron chi connectivity index (χ0n) is 9.75. The first-order valence-corrected chi connectivity index (χ1v) is 5.69. The van der Waals surface area contributed by atoms with E-state index in [9.17, 15) is 9.90 Å². The minimum atomic E-state index is -1.02. The van der Waals surface area contributed by atoms with Crippen molar-refractivity contribution in [3.63, 3.8) is 0 Å². The SMILES string of the molecule is Cn1nc(Cl)cc1CN(C(=O)O)c1ccccc1. The van der Waals surface area contributed by atoms with E-state index in [1.807, 2.05) is 6.07 Å². The van der Waals surface area contributed by atoms with Crippen molar-refractivity contribution in [2.45, 2.75) is 6.54 Å². The predicted molar refractivity (Wildman–Crippen MR) is 68.9 cm³/mol. The number of carboxylic acid groups (broad SMARTS) is 1. The fourth-order valence-corrected chi connectivity index (χ4v) is 1.89. The lowest BCUT2D eigenvalue weighted by atomic mass is 10.3. The molecule has 1 aromatic carbocycles. The molecule has 1 N–H and O–H groups in total. The van der Waals surface area contributed by atoms with Gasteiger partial charge in [-0.1, -0.05) is 29.8 Å². The van der Waals surface area contributed by atoms with Gasteiger partial charge in [-0.3, -0.25) is 9.58 Å². The van der Waals surface area contributed by atoms with Crippen LogP contribution in [0.15, 0.2) is 36.4 Å². The number of nitrogens with zero attached hydrogens (tertiary/aromatic N) is 3. The molecule has 0 aliphatic heterocycles. The predicted octanol–water partition coefficient (Wildman–Crippen LogP) is 2.76. The summed E-state index contributed by atoms with van der Waals surface area (Å²) in [5.74, 6) is 0. The first-order chi connectivity index (χ1) is 8.58. The Morgan fingerprint density at radius 3 is 2.61 bits per heavy atom. The van der Waals surface area contributed by atoms with Gasteiger partial charge in [-0.15, -0.1) is 0 Å². The van der Waals surface area contributed by atoms with Crippen molar-refractivity contribution in [3.05, 3.63) is 47.2 Å². The molecule has 0 bridgehead atoms. The molecule has 0 aliphatic carbocycles. The summed E-state index contributed by atoms with van der Waals surface area (Å²) in [6.07, 6.45) is -1.02. The number of carbonyl (C=O) groups is 1. The third-order valence-corrected chi connectivity index (χ3v) is 2.75. The topological polar surface area (TPSA) is 58.4 Å². The fraction of sp³-hybridized carbons (Fsp3) is 0.167. The Kier molecular flexibility index (Phi) is 3.53. The van der Waals surface area contributed by atoms with E-state index in [4.69, 9.17) is 11.6 Å². The molecule has 0 radical (unpaired) electrons. The second-order valence-electron chi connectivity index (χ2n) is 3.79. The van der Waals surface area contributed by atoms with E-state index in [-0.39, 0.29) is 6.54 Å². The van der Waals surface area contributed by atoms with Gasteiger partial charge in [0.05, 0.1) is 12.2 Å². The zero-order valence-corrected chi connectivity index (χ0v) is 10.5. The quantitative estimate of drug-likeness (QED) is 0.928. The molecule has 0 atom stereocenters. The van der Waals surface area contributed by atoms with Gasteiger partial charge in [0.15, 0.2) is 5.15 Å². The van der Waals surface area contributed by atoms with Crippen LogP contribution in [-0.2, 0) is 13.6 Å². The van der Waals surface area contributed by atoms with Crippen LogP contribution in [0.4, 0.5) is 10.5 Å². The average Bonchev–Trinajstić information content (AvgIpc) is 2.65. The van der Waals surface area contributed by atoms with E-state index in [1.54, 1.807) is 42.1 Å². The second-order valence-corrected chi connectivity index (χ2v) is 4.17. The average molecular weight is 266 g/mol. The molecule has 1 aromatic heterocycles. The van der Waals surface area contributed by atoms with E-state index >= 15 is 0 Å². The first kappa shape index (κ1) is 12.4. The first-order valence-electron chi connectivity index (χ1n) is 5.32. The standard InChI is InChI=1S/C12H12ClN3O2/c1-15-10(7-11(13)14-15)8-16(12(17)18)9-5-3-2-4-6-9/h2-7H,8H2,1H3,(H,17,18). The number of hydrogen-bond acceptors (Lipinski definition) is 2. The van der Waals surface area contributed by atoms with E-state index in [0.717, 1.165) is 5.69 Å². The van der Waals surface area contributed by atoms with Crippen molar-refractivity contribution in [1.82, 2.24) is 9.78 Å². The van der Waals surface area contributed by atoms with E-state index in [2.05, 4.69) is 5.10 Å². The van der Waals surface area contributed by atoms with Crippen LogP contribution in [0, 0.1) is 0 Å². The van der Waals surface area contributed by atoms with Crippen LogP contribution in [0.2, 0.25) is 5.15 Å². The Morgan fingerprint density at radius 2 is 2.11 bits per heavy atom. The summed E-state index contributed by atoms with van der Waals surface area (Å²) in [5, 5.41) is 13.6. The highest BCUT2D eigenvalue weighted by molar-refractivity contribution is 6.29. The largest absolute Gasteiger partial charge is 0.465 e. The van der Waals surface area contributed by atoms with Crippen molar-refractivity contribution < 1.29 is 9.90 Å². The molecule has 2 aromatic rings. The summed E-state index contributed by atoms with van der Waals surface area (Å²) in [6.45, 7) is 0.204. The van der Waals surface area contributed by atoms with E-state index in [1.165, 1.54) is 4.90 Å². The van der Waals surface area contributed by atoms with Gasteiger partial charge in [0, 0.05) is 18.8 Å². The Hall–Kier alpha value is -2.01. The van der Waals surface area contributed by atoms with Crippen molar-refractivity contribution in [3.8, 4) is 0 Å². The Bertz CT molecular complexity index is 554. The Labute approximate surface area is 109 Å². The third-order valence-electron chi connectivity index (χ3n) is 2.57. The van der Waals surface area contributed by atoms with Crippen molar-refractivity contribution in [1.29, 1.82) is 0 Å². The minimum Gasteiger partial charge on any atom is -0.465 e. The number of aryl methyl sites for hydroxylation is 1. The minimum absolute atomic E-state index is 0.204. The third kappa shape index (κ3) is 2.62. The van der Waals surface area contributed by atoms with Gasteiger partial charge in [-0.25, -0.2) is 4.79 Å². The summed E-state index contributed by atoms with van der Waals surface area (Å²) >= 11 is 5.78. The smallest absolute Gasteiger partial charge is 0.412 e. The van der Waals surface area contributed by atoms with Gasteiger partial charge in [0.2, 0.25) is 0 Å². The lowest BCUT2D eigenvalue weighted by Crippen LogP contribution is -2.29. The fourth-order valence-electron chi connectivity index (χ4n) is 1.65. The van der Waals surface area contributed by atoms with Crippen molar-refractivity contribution in [2.24, 2.45) is 7.05 Å². The number of para-hydroxylation sites is 1. The van der Waals surface area contributed by atoms with Gasteiger partial charge >= 0.3 is 6.09 Å². The van der Waals surface area contributed by atoms with Gasteiger partial charge in [0.25, 0.3) is 0 Å². The maximum Gasteiger partial charge on any atom is 0.412 e. The molecule has 1 heterocycles. The van der Waals surface area contributed by atoms with Crippen LogP contribution in [0.5, 0.6) is 0 Å². The molecule has 0 aliphatic rings. The molecule has 1 amide bonds. The summed E-state index contributed by atoms with van der Waals surface area (Å²) < 4.78 is 1.57. The highest BCUT2D eigenvalue weighted by Gasteiger charge is 2.16. The highest BCUT2D eigenvalue weighted by atomic mass is 35.5. The van der Waals surface area contributed by atoms with Crippen molar-refractivity contribution in [2.75, 3.05) is 4.90 Å². The molecule has 5 nitrogen and oxygen atoms in total. The summed E-state index contributed by atoms with van der Waals surface area (Å²) in [6, 6.07) is 10.6. The molecule has 6 heteroatoms. The van der Waals surface area contributed by atoms with Gasteiger partial charge in [-0.05, 0) is 12.1 Å². The maximum atomic E-state index is 11.3. The monoisotopic (exact) mass is 265 g/mol. The normalized spacial score (nSPS) is 10.3. The highest BCUT2D eigenvalue weighted by Crippen LogP contribution is 2.18. The molecule has 0 saturated carbocycles. The molecular weight excluding hydrogens is 254 g/mol. The van der Waals surface area contributed by atoms with Crippen LogP contribution in [-0.4, -0.2) is 21.0 Å². The number of rotatable bonds is 3. The number of halogens is 1. The van der Waals surface area contributed by atoms with Crippen LogP contribution >= 0.6 is 11.6 Å². The van der Waals surface area contributed by atoms with Crippen LogP contribution in [0.1, 0.15) is 5.69 Å². The maximum absolute atomic E-state index is 11.3. The molecule has 0 fully saturated rings. The van der Waals surface area contributed by atoms with E-state index < -0.39 is 6.09 Å². The van der Waals surface area contributed by atoms with Gasteiger partial charge in [-0.2, -0.15) is 5.10 Å². The van der Waals surface area contributed by atoms with Crippen LogP contribution in [0.3, 0.4) is 0 Å². The van der Waals surface area contributed by atoms with Crippen molar-refractivity contribution >= 4 is 23.4 Å². The van der Waals surface area contributed by atoms with Crippen LogP contribution < -0.4 is 4.90 Å². The lowest BCUT2D eigenvalue weighted by Gasteiger charge is -2.19. The molecule has 0 saturated heterocycles. The molecular formula is C12H12ClN3O2. The Morgan fingerprint density at radius 1 is 1.44 bits per heavy atom. The number of amides is 1. The lowest BCUT2D eigenvalue weighted by molar-refractivity contribution is 0.201. The molecule has 2 rings (SSSR count). The number of anilines is 1. The zero-order chi connectivity index (χ0) is 13.1. The number of benzene rings is 1. The molecule has 18 heavy (non-hydrogen) atoms. The summed E-state index contributed by atoms with van der Waals surface area (Å²) in [4.78, 5) is 12.5. The number of hydrogen-bond donors (Lipinski definition) is 1. The summed E-state index contributed by atoms with van der Waals surface area (Å²) in [7, 11) is 1.73. The molecule has 0 spiro atoms. The number of aromatic nitrogens is 2. The van der Waals surface area contributed by atoms with E-state index in [0.29, 0.717) is 10.8 Å². The second kappa shape index (κ2) is 5.10. The Balaban J connectivity index is 2.28. The summed E-state index contributed by atoms with van der Waals surface area (Å²) in [5.41, 5.74) is 1.34. The molecule has 0 unspecified atom stereocenters.